The lowest BCUT2D eigenvalue weighted by molar-refractivity contribution is -0.158. The average molecular weight is 450 g/mol. The lowest BCUT2D eigenvalue weighted by Gasteiger charge is -2.48. The minimum absolute atomic E-state index is 0.280. The minimum atomic E-state index is -2.03. The van der Waals surface area contributed by atoms with Gasteiger partial charge in [0.25, 0.3) is 11.8 Å². The monoisotopic (exact) mass is 449 g/mol. The molecule has 0 radical (unpaired) electrons. The second-order valence-electron chi connectivity index (χ2n) is 7.30. The van der Waals surface area contributed by atoms with Crippen molar-refractivity contribution in [2.24, 2.45) is 0 Å². The molecule has 0 saturated carbocycles. The number of imide groups is 1. The van der Waals surface area contributed by atoms with Gasteiger partial charge < -0.3 is 4.43 Å². The lowest BCUT2D eigenvalue weighted by atomic mass is 9.90. The summed E-state index contributed by atoms with van der Waals surface area (Å²) in [5, 5.41) is 1.14. The fourth-order valence-electron chi connectivity index (χ4n) is 3.79. The van der Waals surface area contributed by atoms with Crippen molar-refractivity contribution in [3.63, 3.8) is 0 Å². The second kappa shape index (κ2) is 9.00. The highest BCUT2D eigenvalue weighted by atomic mass is 35.5. The second-order valence-corrected chi connectivity index (χ2v) is 12.9. The van der Waals surface area contributed by atoms with Crippen molar-refractivity contribution in [2.45, 2.75) is 51.0 Å². The van der Waals surface area contributed by atoms with Gasteiger partial charge in [0.15, 0.2) is 14.4 Å². The predicted molar refractivity (Wildman–Crippen MR) is 119 cm³/mol. The number of likely N-dealkylation sites (tertiary alicyclic amines) is 1. The Morgan fingerprint density at radius 3 is 1.90 bits per heavy atom. The van der Waals surface area contributed by atoms with Crippen molar-refractivity contribution in [1.82, 2.24) is 4.90 Å². The summed E-state index contributed by atoms with van der Waals surface area (Å²) < 4.78 is 6.51. The summed E-state index contributed by atoms with van der Waals surface area (Å²) in [6, 6.07) is 16.1. The number of hydrogen-bond acceptors (Lipinski definition) is 3. The first kappa shape index (κ1) is 22.0. The molecule has 154 valence electrons. The number of β-lactam (4-membered cyclic amide) rings is 1. The smallest absolute Gasteiger partial charge is 0.261 e. The van der Waals surface area contributed by atoms with Crippen LogP contribution in [0.15, 0.2) is 48.5 Å². The summed E-state index contributed by atoms with van der Waals surface area (Å²) in [5.74, 6) is -0.625. The van der Waals surface area contributed by atoms with Crippen molar-refractivity contribution in [3.05, 3.63) is 69.7 Å². The van der Waals surface area contributed by atoms with Crippen LogP contribution in [0.25, 0.3) is 0 Å². The normalized spacial score (nSPS) is 19.2. The molecule has 0 unspecified atom stereocenters. The SMILES string of the molecule is CC[Si](CC)(CC)O[C@H]1C(=O)N(C(=O)c2ccc(Cl)cc2)[C@H]1c1ccc(Cl)cc1. The first-order valence-electron chi connectivity index (χ1n) is 9.92. The van der Waals surface area contributed by atoms with E-state index >= 15 is 0 Å². The van der Waals surface area contributed by atoms with Gasteiger partial charge in [-0.05, 0) is 60.1 Å². The molecule has 29 heavy (non-hydrogen) atoms. The fourth-order valence-corrected chi connectivity index (χ4v) is 6.81. The molecule has 1 fully saturated rings. The first-order valence-corrected chi connectivity index (χ1v) is 13.2. The molecule has 0 aliphatic carbocycles. The maximum atomic E-state index is 13.1. The predicted octanol–water partition coefficient (Wildman–Crippen LogP) is 6.11. The molecule has 1 aliphatic rings. The van der Waals surface area contributed by atoms with E-state index in [2.05, 4.69) is 20.8 Å². The van der Waals surface area contributed by atoms with Gasteiger partial charge in [0.05, 0.1) is 6.04 Å². The molecule has 1 saturated heterocycles. The van der Waals surface area contributed by atoms with Gasteiger partial charge in [-0.1, -0.05) is 56.1 Å². The van der Waals surface area contributed by atoms with Crippen LogP contribution >= 0.6 is 23.2 Å². The van der Waals surface area contributed by atoms with E-state index in [0.29, 0.717) is 15.6 Å². The zero-order valence-electron chi connectivity index (χ0n) is 16.8. The standard InChI is InChI=1S/C22H25Cl2NO3Si/c1-4-29(5-2,6-3)28-20-19(15-7-11-17(23)12-8-15)25(22(20)27)21(26)16-9-13-18(24)14-10-16/h7-14,19-20H,4-6H2,1-3H3/t19-,20+/m0/s1. The van der Waals surface area contributed by atoms with Crippen LogP contribution in [-0.2, 0) is 9.22 Å². The van der Waals surface area contributed by atoms with Gasteiger partial charge in [-0.15, -0.1) is 0 Å². The van der Waals surface area contributed by atoms with E-state index in [-0.39, 0.29) is 11.8 Å². The molecule has 4 nitrogen and oxygen atoms in total. The Bertz CT molecular complexity index is 874. The van der Waals surface area contributed by atoms with Crippen LogP contribution in [-0.4, -0.2) is 31.1 Å². The van der Waals surface area contributed by atoms with Crippen LogP contribution in [0.1, 0.15) is 42.7 Å². The molecule has 1 aliphatic heterocycles. The van der Waals surface area contributed by atoms with E-state index in [1.165, 1.54) is 4.90 Å². The quantitative estimate of drug-likeness (QED) is 0.291. The van der Waals surface area contributed by atoms with Crippen LogP contribution in [0, 0.1) is 0 Å². The van der Waals surface area contributed by atoms with E-state index in [1.54, 1.807) is 36.4 Å². The Hall–Kier alpha value is -1.66. The molecule has 1 heterocycles. The van der Waals surface area contributed by atoms with Gasteiger partial charge in [-0.25, -0.2) is 0 Å². The summed E-state index contributed by atoms with van der Waals surface area (Å²) in [6.45, 7) is 6.36. The Balaban J connectivity index is 1.95. The van der Waals surface area contributed by atoms with Crippen LogP contribution in [0.2, 0.25) is 28.2 Å². The number of halogens is 2. The van der Waals surface area contributed by atoms with Crippen LogP contribution in [0.3, 0.4) is 0 Å². The molecular weight excluding hydrogens is 425 g/mol. The van der Waals surface area contributed by atoms with E-state index in [4.69, 9.17) is 27.6 Å². The van der Waals surface area contributed by atoms with Crippen molar-refractivity contribution in [3.8, 4) is 0 Å². The summed E-state index contributed by atoms with van der Waals surface area (Å²) in [5.41, 5.74) is 1.26. The molecule has 3 rings (SSSR count). The van der Waals surface area contributed by atoms with Crippen LogP contribution < -0.4 is 0 Å². The summed E-state index contributed by atoms with van der Waals surface area (Å²) in [4.78, 5) is 27.5. The van der Waals surface area contributed by atoms with Crippen LogP contribution in [0.4, 0.5) is 0 Å². The van der Waals surface area contributed by atoms with Gasteiger partial charge in [0.1, 0.15) is 0 Å². The summed E-state index contributed by atoms with van der Waals surface area (Å²) >= 11 is 12.0. The molecule has 0 N–H and O–H groups in total. The number of rotatable bonds is 7. The molecular formula is C22H25Cl2NO3Si. The van der Waals surface area contributed by atoms with Crippen molar-refractivity contribution >= 4 is 43.3 Å². The van der Waals surface area contributed by atoms with E-state index in [0.717, 1.165) is 23.7 Å². The van der Waals surface area contributed by atoms with Crippen LogP contribution in [0.5, 0.6) is 0 Å². The molecule has 0 spiro atoms. The Morgan fingerprint density at radius 1 is 0.931 bits per heavy atom. The van der Waals surface area contributed by atoms with Crippen molar-refractivity contribution < 1.29 is 14.0 Å². The fraction of sp³-hybridized carbons (Fsp3) is 0.364. The number of nitrogens with zero attached hydrogens (tertiary/aromatic N) is 1. The van der Waals surface area contributed by atoms with E-state index in [1.807, 2.05) is 12.1 Å². The summed E-state index contributed by atoms with van der Waals surface area (Å²) in [6.07, 6.45) is -0.640. The highest BCUT2D eigenvalue weighted by Gasteiger charge is 2.54. The minimum Gasteiger partial charge on any atom is -0.403 e. The van der Waals surface area contributed by atoms with E-state index in [9.17, 15) is 9.59 Å². The Kier molecular flexibility index (Phi) is 6.84. The zero-order chi connectivity index (χ0) is 21.2. The van der Waals surface area contributed by atoms with Crippen molar-refractivity contribution in [2.75, 3.05) is 0 Å². The third-order valence-electron chi connectivity index (χ3n) is 5.88. The molecule has 2 aromatic rings. The highest BCUT2D eigenvalue weighted by Crippen LogP contribution is 2.41. The van der Waals surface area contributed by atoms with Gasteiger partial charge in [-0.3, -0.25) is 14.5 Å². The molecule has 0 bridgehead atoms. The van der Waals surface area contributed by atoms with Gasteiger partial charge >= 0.3 is 0 Å². The summed E-state index contributed by atoms with van der Waals surface area (Å²) in [7, 11) is -2.03. The number of carbonyl (C=O) groups excluding carboxylic acids is 2. The lowest BCUT2D eigenvalue weighted by Crippen LogP contribution is -2.64. The van der Waals surface area contributed by atoms with Gasteiger partial charge in [0, 0.05) is 15.6 Å². The molecule has 0 aromatic heterocycles. The maximum absolute atomic E-state index is 13.1. The molecule has 7 heteroatoms. The molecule has 2 atom stereocenters. The number of hydrogen-bond donors (Lipinski definition) is 0. The van der Waals surface area contributed by atoms with Gasteiger partial charge in [0.2, 0.25) is 0 Å². The third kappa shape index (κ3) is 4.28. The number of amides is 2. The number of carbonyl (C=O) groups is 2. The highest BCUT2D eigenvalue weighted by molar-refractivity contribution is 6.73. The topological polar surface area (TPSA) is 46.6 Å². The van der Waals surface area contributed by atoms with Gasteiger partial charge in [-0.2, -0.15) is 0 Å². The molecule has 2 aromatic carbocycles. The third-order valence-corrected chi connectivity index (χ3v) is 11.0. The largest absolute Gasteiger partial charge is 0.403 e. The Morgan fingerprint density at radius 2 is 1.41 bits per heavy atom. The number of benzene rings is 2. The van der Waals surface area contributed by atoms with E-state index < -0.39 is 20.5 Å². The zero-order valence-corrected chi connectivity index (χ0v) is 19.3. The van der Waals surface area contributed by atoms with Crippen molar-refractivity contribution in [1.29, 1.82) is 0 Å². The maximum Gasteiger partial charge on any atom is 0.261 e. The Labute approximate surface area is 182 Å². The average Bonchev–Trinajstić information content (AvgIpc) is 2.74. The molecule has 2 amide bonds. The first-order chi connectivity index (χ1) is 13.9.